The highest BCUT2D eigenvalue weighted by atomic mass is 16.4. The molecule has 0 bridgehead atoms. The van der Waals surface area contributed by atoms with Gasteiger partial charge in [0.1, 0.15) is 5.82 Å². The Balaban J connectivity index is 2.05. The van der Waals surface area contributed by atoms with E-state index in [1.807, 2.05) is 4.57 Å². The first kappa shape index (κ1) is 13.2. The van der Waals surface area contributed by atoms with Crippen LogP contribution in [-0.4, -0.2) is 26.6 Å². The molecule has 0 spiro atoms. The first-order valence-corrected chi connectivity index (χ1v) is 6.38. The van der Waals surface area contributed by atoms with E-state index in [1.165, 1.54) is 12.1 Å². The molecule has 1 atom stereocenters. The first-order valence-electron chi connectivity index (χ1n) is 6.38. The van der Waals surface area contributed by atoms with E-state index < -0.39 is 18.0 Å². The van der Waals surface area contributed by atoms with Crippen molar-refractivity contribution in [3.8, 4) is 0 Å². The third kappa shape index (κ3) is 2.45. The number of aliphatic carboxylic acids is 1. The number of nitrogens with zero attached hydrogens (tertiary/aromatic N) is 2. The van der Waals surface area contributed by atoms with Gasteiger partial charge in [0.25, 0.3) is 0 Å². The van der Waals surface area contributed by atoms with Crippen LogP contribution in [0.4, 0.5) is 5.69 Å². The molecule has 21 heavy (non-hydrogen) atoms. The maximum absolute atomic E-state index is 11.1. The quantitative estimate of drug-likeness (QED) is 0.836. The van der Waals surface area contributed by atoms with Gasteiger partial charge in [0, 0.05) is 30.5 Å². The molecule has 1 unspecified atom stereocenters. The van der Waals surface area contributed by atoms with Crippen molar-refractivity contribution in [2.24, 2.45) is 0 Å². The third-order valence-electron chi connectivity index (χ3n) is 3.46. The molecule has 108 valence electrons. The summed E-state index contributed by atoms with van der Waals surface area (Å²) in [5.41, 5.74) is 1.62. The minimum Gasteiger partial charge on any atom is -0.550 e. The van der Waals surface area contributed by atoms with Crippen molar-refractivity contribution >= 4 is 17.6 Å². The molecule has 7 nitrogen and oxygen atoms in total. The van der Waals surface area contributed by atoms with E-state index in [0.717, 1.165) is 5.56 Å². The number of hydrogen-bond donors (Lipinski definition) is 2. The number of hydrogen-bond acceptors (Lipinski definition) is 5. The minimum absolute atomic E-state index is 0.146. The second-order valence-corrected chi connectivity index (χ2v) is 4.86. The van der Waals surface area contributed by atoms with Crippen LogP contribution in [0.3, 0.4) is 0 Å². The number of carboxylic acids is 2. The van der Waals surface area contributed by atoms with Gasteiger partial charge in [-0.3, -0.25) is 0 Å². The average molecular weight is 286 g/mol. The van der Waals surface area contributed by atoms with Crippen molar-refractivity contribution < 1.29 is 19.8 Å². The number of imidazole rings is 1. The molecule has 0 saturated carbocycles. The van der Waals surface area contributed by atoms with E-state index in [-0.39, 0.29) is 12.0 Å². The number of carboxylic acid groups (broad SMARTS) is 2. The summed E-state index contributed by atoms with van der Waals surface area (Å²) in [5.74, 6) is -1.63. The summed E-state index contributed by atoms with van der Waals surface area (Å²) < 4.78 is 1.84. The highest BCUT2D eigenvalue weighted by molar-refractivity contribution is 5.89. The molecule has 3 rings (SSSR count). The fourth-order valence-corrected chi connectivity index (χ4v) is 2.49. The number of anilines is 1. The molecule has 0 fully saturated rings. The summed E-state index contributed by atoms with van der Waals surface area (Å²) in [6, 6.07) is 4.19. The van der Waals surface area contributed by atoms with Crippen molar-refractivity contribution in [2.75, 3.05) is 5.32 Å². The number of nitrogens with one attached hydrogen (secondary N) is 1. The van der Waals surface area contributed by atoms with Gasteiger partial charge in [-0.2, -0.15) is 0 Å². The van der Waals surface area contributed by atoms with Gasteiger partial charge in [-0.05, 0) is 17.7 Å². The highest BCUT2D eigenvalue weighted by Crippen LogP contribution is 2.30. The normalized spacial score (nSPS) is 16.3. The molecule has 1 aromatic carbocycles. The summed E-state index contributed by atoms with van der Waals surface area (Å²) in [6.07, 6.45) is 3.13. The SMILES string of the molecule is O=C([O-])CC1Nc2cc(C(=O)O)ccc2Cn2ccnc21. The first-order chi connectivity index (χ1) is 10.0. The summed E-state index contributed by atoms with van der Waals surface area (Å²) >= 11 is 0. The lowest BCUT2D eigenvalue weighted by Crippen LogP contribution is -2.28. The van der Waals surface area contributed by atoms with Crippen LogP contribution in [0.15, 0.2) is 30.6 Å². The number of fused-ring (bicyclic) bond motifs is 2. The number of benzene rings is 1. The van der Waals surface area contributed by atoms with Gasteiger partial charge in [-0.15, -0.1) is 0 Å². The summed E-state index contributed by atoms with van der Waals surface area (Å²) in [5, 5.41) is 23.0. The fourth-order valence-electron chi connectivity index (χ4n) is 2.49. The van der Waals surface area contributed by atoms with E-state index in [1.54, 1.807) is 18.5 Å². The van der Waals surface area contributed by atoms with Gasteiger partial charge >= 0.3 is 5.97 Å². The number of carbonyl (C=O) groups is 2. The maximum atomic E-state index is 11.1. The Kier molecular flexibility index (Phi) is 3.09. The molecular formula is C14H12N3O4-. The van der Waals surface area contributed by atoms with E-state index in [4.69, 9.17) is 5.11 Å². The third-order valence-corrected chi connectivity index (χ3v) is 3.46. The van der Waals surface area contributed by atoms with Gasteiger partial charge in [-0.1, -0.05) is 6.07 Å². The minimum atomic E-state index is -1.19. The molecule has 2 aromatic rings. The Bertz CT molecular complexity index is 723. The van der Waals surface area contributed by atoms with Crippen molar-refractivity contribution in [2.45, 2.75) is 19.0 Å². The largest absolute Gasteiger partial charge is 0.550 e. The maximum Gasteiger partial charge on any atom is 0.335 e. The predicted octanol–water partition coefficient (Wildman–Crippen LogP) is 0.236. The van der Waals surface area contributed by atoms with Gasteiger partial charge < -0.3 is 24.9 Å². The van der Waals surface area contributed by atoms with E-state index >= 15 is 0 Å². The molecule has 0 saturated heterocycles. The summed E-state index contributed by atoms with van der Waals surface area (Å²) in [6.45, 7) is 0.501. The van der Waals surface area contributed by atoms with E-state index in [9.17, 15) is 14.7 Å². The molecule has 7 heteroatoms. The van der Waals surface area contributed by atoms with Gasteiger partial charge in [-0.25, -0.2) is 9.78 Å². The highest BCUT2D eigenvalue weighted by Gasteiger charge is 2.23. The van der Waals surface area contributed by atoms with Crippen molar-refractivity contribution in [1.82, 2.24) is 9.55 Å². The van der Waals surface area contributed by atoms with Crippen molar-refractivity contribution in [3.63, 3.8) is 0 Å². The van der Waals surface area contributed by atoms with Crippen LogP contribution in [0.5, 0.6) is 0 Å². The van der Waals surface area contributed by atoms with Crippen LogP contribution in [-0.2, 0) is 11.3 Å². The Morgan fingerprint density at radius 3 is 3.00 bits per heavy atom. The zero-order valence-corrected chi connectivity index (χ0v) is 10.9. The Hall–Kier alpha value is -2.83. The van der Waals surface area contributed by atoms with Crippen LogP contribution in [0.25, 0.3) is 0 Å². The average Bonchev–Trinajstić information content (AvgIpc) is 2.82. The predicted molar refractivity (Wildman–Crippen MR) is 70.7 cm³/mol. The summed E-state index contributed by atoms with van der Waals surface area (Å²) in [4.78, 5) is 26.2. The van der Waals surface area contributed by atoms with Crippen LogP contribution >= 0.6 is 0 Å². The standard InChI is InChI=1S/C14H13N3O4/c18-12(19)6-11-13-15-3-4-17(13)7-9-2-1-8(14(20)21)5-10(9)16-11/h1-5,11,16H,6-7H2,(H,18,19)(H,20,21)/p-1. The van der Waals surface area contributed by atoms with Crippen molar-refractivity contribution in [3.05, 3.63) is 47.5 Å². The molecular weight excluding hydrogens is 274 g/mol. The van der Waals surface area contributed by atoms with Gasteiger partial charge in [0.15, 0.2) is 0 Å². The monoisotopic (exact) mass is 286 g/mol. The second-order valence-electron chi connectivity index (χ2n) is 4.86. The molecule has 0 radical (unpaired) electrons. The molecule has 0 aliphatic carbocycles. The molecule has 1 aromatic heterocycles. The molecule has 2 heterocycles. The Morgan fingerprint density at radius 1 is 1.48 bits per heavy atom. The Morgan fingerprint density at radius 2 is 2.29 bits per heavy atom. The topological polar surface area (TPSA) is 107 Å². The van der Waals surface area contributed by atoms with Crippen molar-refractivity contribution in [1.29, 1.82) is 0 Å². The summed E-state index contributed by atoms with van der Waals surface area (Å²) in [7, 11) is 0. The lowest BCUT2D eigenvalue weighted by Gasteiger charge is -2.18. The van der Waals surface area contributed by atoms with Crippen LogP contribution in [0, 0.1) is 0 Å². The van der Waals surface area contributed by atoms with Crippen LogP contribution in [0.1, 0.15) is 34.2 Å². The lowest BCUT2D eigenvalue weighted by atomic mass is 10.1. The van der Waals surface area contributed by atoms with Crippen LogP contribution in [0.2, 0.25) is 0 Å². The second kappa shape index (κ2) is 4.93. The molecule has 2 N–H and O–H groups in total. The zero-order valence-electron chi connectivity index (χ0n) is 10.9. The fraction of sp³-hybridized carbons (Fsp3) is 0.214. The lowest BCUT2D eigenvalue weighted by molar-refractivity contribution is -0.306. The molecule has 1 aliphatic heterocycles. The number of aromatic nitrogens is 2. The van der Waals surface area contributed by atoms with Gasteiger partial charge in [0.2, 0.25) is 0 Å². The van der Waals surface area contributed by atoms with Gasteiger partial charge in [0.05, 0.1) is 18.2 Å². The number of carbonyl (C=O) groups excluding carboxylic acids is 1. The van der Waals surface area contributed by atoms with E-state index in [2.05, 4.69) is 10.3 Å². The molecule has 0 amide bonds. The van der Waals surface area contributed by atoms with Crippen LogP contribution < -0.4 is 10.4 Å². The zero-order chi connectivity index (χ0) is 15.0. The van der Waals surface area contributed by atoms with E-state index in [0.29, 0.717) is 18.1 Å². The Labute approximate surface area is 119 Å². The number of rotatable bonds is 3. The smallest absolute Gasteiger partial charge is 0.335 e. The number of aromatic carboxylic acids is 1. The molecule has 1 aliphatic rings.